The van der Waals surface area contributed by atoms with E-state index in [0.29, 0.717) is 17.1 Å². The van der Waals surface area contributed by atoms with Crippen molar-refractivity contribution in [1.82, 2.24) is 0 Å². The molecule has 20 heavy (non-hydrogen) atoms. The van der Waals surface area contributed by atoms with Gasteiger partial charge in [-0.1, -0.05) is 6.07 Å². The second kappa shape index (κ2) is 5.54. The first-order valence-corrected chi connectivity index (χ1v) is 6.75. The van der Waals surface area contributed by atoms with Gasteiger partial charge in [-0.3, -0.25) is 0 Å². The van der Waals surface area contributed by atoms with Crippen molar-refractivity contribution in [3.63, 3.8) is 0 Å². The number of aryl methyl sites for hydroxylation is 2. The third-order valence-electron chi connectivity index (χ3n) is 2.91. The first-order valence-electron chi connectivity index (χ1n) is 5.96. The number of carboxylic acid groups (broad SMARTS) is 1. The van der Waals surface area contributed by atoms with E-state index in [1.807, 2.05) is 25.1 Å². The smallest absolute Gasteiger partial charge is 0.337 e. The van der Waals surface area contributed by atoms with E-state index in [-0.39, 0.29) is 11.3 Å². The Hall–Kier alpha value is -2.01. The van der Waals surface area contributed by atoms with Crippen LogP contribution < -0.4 is 10.5 Å². The van der Waals surface area contributed by atoms with Crippen LogP contribution >= 0.6 is 15.9 Å². The number of benzene rings is 2. The molecule has 0 radical (unpaired) electrons. The third-order valence-corrected chi connectivity index (χ3v) is 3.53. The summed E-state index contributed by atoms with van der Waals surface area (Å²) in [5.74, 6) is -0.00575. The summed E-state index contributed by atoms with van der Waals surface area (Å²) in [5, 5.41) is 9.13. The highest BCUT2D eigenvalue weighted by Gasteiger charge is 2.13. The van der Waals surface area contributed by atoms with Gasteiger partial charge in [0.05, 0.1) is 10.0 Å². The minimum atomic E-state index is -1.07. The van der Waals surface area contributed by atoms with Crippen LogP contribution in [0.5, 0.6) is 11.5 Å². The number of ether oxygens (including phenoxy) is 1. The molecular formula is C15H14BrNO3. The molecule has 0 spiro atoms. The standard InChI is InChI=1S/C15H14BrNO3/c1-8-3-4-13(12(16)5-8)20-10-6-9(2)14(17)11(7-10)15(18)19/h3-7H,17H2,1-2H3,(H,18,19). The van der Waals surface area contributed by atoms with Gasteiger partial charge in [0, 0.05) is 5.69 Å². The molecule has 2 aromatic carbocycles. The fourth-order valence-corrected chi connectivity index (χ4v) is 2.39. The number of aromatic carboxylic acids is 1. The van der Waals surface area contributed by atoms with Crippen LogP contribution in [0.25, 0.3) is 0 Å². The molecule has 3 N–H and O–H groups in total. The van der Waals surface area contributed by atoms with Gasteiger partial charge in [0.15, 0.2) is 0 Å². The van der Waals surface area contributed by atoms with Gasteiger partial charge in [-0.05, 0) is 65.2 Å². The largest absolute Gasteiger partial charge is 0.478 e. The van der Waals surface area contributed by atoms with Gasteiger partial charge in [-0.25, -0.2) is 4.79 Å². The Morgan fingerprint density at radius 1 is 1.25 bits per heavy atom. The van der Waals surface area contributed by atoms with E-state index in [9.17, 15) is 4.79 Å². The van der Waals surface area contributed by atoms with Gasteiger partial charge in [-0.2, -0.15) is 0 Å². The normalized spacial score (nSPS) is 10.3. The molecule has 0 saturated heterocycles. The Morgan fingerprint density at radius 2 is 1.95 bits per heavy atom. The monoisotopic (exact) mass is 335 g/mol. The number of carboxylic acids is 1. The number of carbonyl (C=O) groups is 1. The molecule has 0 aliphatic rings. The molecule has 0 bridgehead atoms. The lowest BCUT2D eigenvalue weighted by Crippen LogP contribution is -2.04. The predicted molar refractivity (Wildman–Crippen MR) is 81.5 cm³/mol. The maximum absolute atomic E-state index is 11.1. The second-order valence-corrected chi connectivity index (χ2v) is 5.40. The number of anilines is 1. The van der Waals surface area contributed by atoms with Gasteiger partial charge in [-0.15, -0.1) is 0 Å². The maximum atomic E-state index is 11.1. The maximum Gasteiger partial charge on any atom is 0.337 e. The van der Waals surface area contributed by atoms with E-state index >= 15 is 0 Å². The Balaban J connectivity index is 2.41. The molecule has 0 atom stereocenters. The van der Waals surface area contributed by atoms with Crippen molar-refractivity contribution in [2.75, 3.05) is 5.73 Å². The SMILES string of the molecule is Cc1ccc(Oc2cc(C)c(N)c(C(=O)O)c2)c(Br)c1. The molecule has 0 fully saturated rings. The summed E-state index contributed by atoms with van der Waals surface area (Å²) in [6, 6.07) is 8.82. The van der Waals surface area contributed by atoms with Crippen LogP contribution in [-0.2, 0) is 0 Å². The summed E-state index contributed by atoms with van der Waals surface area (Å²) >= 11 is 3.42. The van der Waals surface area contributed by atoms with Crippen LogP contribution in [0.1, 0.15) is 21.5 Å². The first kappa shape index (κ1) is 14.4. The van der Waals surface area contributed by atoms with Crippen LogP contribution in [0, 0.1) is 13.8 Å². The van der Waals surface area contributed by atoms with Crippen LogP contribution in [0.4, 0.5) is 5.69 Å². The van der Waals surface area contributed by atoms with Crippen LogP contribution in [0.15, 0.2) is 34.8 Å². The number of hydrogen-bond donors (Lipinski definition) is 2. The summed E-state index contributed by atoms with van der Waals surface area (Å²) < 4.78 is 6.53. The molecule has 0 aromatic heterocycles. The summed E-state index contributed by atoms with van der Waals surface area (Å²) in [5.41, 5.74) is 7.82. The molecule has 0 aliphatic carbocycles. The third kappa shape index (κ3) is 2.93. The van der Waals surface area contributed by atoms with Crippen molar-refractivity contribution in [1.29, 1.82) is 0 Å². The zero-order valence-corrected chi connectivity index (χ0v) is 12.7. The lowest BCUT2D eigenvalue weighted by atomic mass is 10.1. The van der Waals surface area contributed by atoms with Crippen LogP contribution in [0.3, 0.4) is 0 Å². The summed E-state index contributed by atoms with van der Waals surface area (Å²) in [7, 11) is 0. The van der Waals surface area contributed by atoms with Gasteiger partial charge in [0.1, 0.15) is 11.5 Å². The van der Waals surface area contributed by atoms with Crippen molar-refractivity contribution < 1.29 is 14.6 Å². The molecule has 2 aromatic rings. The Bertz CT molecular complexity index is 683. The Morgan fingerprint density at radius 3 is 2.55 bits per heavy atom. The predicted octanol–water partition coefficient (Wildman–Crippen LogP) is 4.14. The van der Waals surface area contributed by atoms with Crippen molar-refractivity contribution in [2.45, 2.75) is 13.8 Å². The number of nitrogen functional groups attached to an aromatic ring is 1. The molecule has 104 valence electrons. The number of hydrogen-bond acceptors (Lipinski definition) is 3. The molecule has 4 nitrogen and oxygen atoms in total. The highest BCUT2D eigenvalue weighted by molar-refractivity contribution is 9.10. The number of halogens is 1. The van der Waals surface area contributed by atoms with E-state index in [2.05, 4.69) is 15.9 Å². The summed E-state index contributed by atoms with van der Waals surface area (Å²) in [6.45, 7) is 3.73. The fourth-order valence-electron chi connectivity index (χ4n) is 1.82. The number of rotatable bonds is 3. The lowest BCUT2D eigenvalue weighted by Gasteiger charge is -2.12. The van der Waals surface area contributed by atoms with E-state index in [1.54, 1.807) is 13.0 Å². The average Bonchev–Trinajstić information content (AvgIpc) is 2.36. The zero-order valence-electron chi connectivity index (χ0n) is 11.1. The summed E-state index contributed by atoms with van der Waals surface area (Å²) in [4.78, 5) is 11.1. The molecule has 2 rings (SSSR count). The highest BCUT2D eigenvalue weighted by atomic mass is 79.9. The minimum absolute atomic E-state index is 0.0447. The molecule has 5 heteroatoms. The quantitative estimate of drug-likeness (QED) is 0.827. The molecule has 0 amide bonds. The van der Waals surface area contributed by atoms with Crippen LogP contribution in [0.2, 0.25) is 0 Å². The number of nitrogens with two attached hydrogens (primary N) is 1. The van der Waals surface area contributed by atoms with E-state index < -0.39 is 5.97 Å². The van der Waals surface area contributed by atoms with Gasteiger partial charge in [0.25, 0.3) is 0 Å². The molecular weight excluding hydrogens is 322 g/mol. The topological polar surface area (TPSA) is 72.5 Å². The molecule has 0 heterocycles. The fraction of sp³-hybridized carbons (Fsp3) is 0.133. The molecule has 0 unspecified atom stereocenters. The van der Waals surface area contributed by atoms with E-state index in [4.69, 9.17) is 15.6 Å². The average molecular weight is 336 g/mol. The molecule has 0 aliphatic heterocycles. The van der Waals surface area contributed by atoms with Crippen LogP contribution in [-0.4, -0.2) is 11.1 Å². The van der Waals surface area contributed by atoms with Crippen molar-refractivity contribution >= 4 is 27.6 Å². The summed E-state index contributed by atoms with van der Waals surface area (Å²) in [6.07, 6.45) is 0. The van der Waals surface area contributed by atoms with Gasteiger partial charge >= 0.3 is 5.97 Å². The van der Waals surface area contributed by atoms with Gasteiger partial charge < -0.3 is 15.6 Å². The zero-order chi connectivity index (χ0) is 14.9. The molecule has 0 saturated carbocycles. The first-order chi connectivity index (χ1) is 9.38. The lowest BCUT2D eigenvalue weighted by molar-refractivity contribution is 0.0697. The highest BCUT2D eigenvalue weighted by Crippen LogP contribution is 2.33. The van der Waals surface area contributed by atoms with Gasteiger partial charge in [0.2, 0.25) is 0 Å². The minimum Gasteiger partial charge on any atom is -0.478 e. The Kier molecular flexibility index (Phi) is 3.99. The van der Waals surface area contributed by atoms with Crippen molar-refractivity contribution in [3.05, 3.63) is 51.5 Å². The Labute approximate surface area is 125 Å². The second-order valence-electron chi connectivity index (χ2n) is 4.54. The van der Waals surface area contributed by atoms with Crippen molar-refractivity contribution in [2.24, 2.45) is 0 Å². The van der Waals surface area contributed by atoms with E-state index in [1.165, 1.54) is 6.07 Å². The van der Waals surface area contributed by atoms with Crippen molar-refractivity contribution in [3.8, 4) is 11.5 Å². The van der Waals surface area contributed by atoms with E-state index in [0.717, 1.165) is 10.0 Å².